The van der Waals surface area contributed by atoms with Crippen molar-refractivity contribution in [2.24, 2.45) is 5.41 Å². The van der Waals surface area contributed by atoms with Crippen molar-refractivity contribution in [2.45, 2.75) is 20.8 Å². The molecule has 0 amide bonds. The molecule has 1 N–H and O–H groups in total. The zero-order valence-electron chi connectivity index (χ0n) is 20.2. The highest BCUT2D eigenvalue weighted by molar-refractivity contribution is 6.42. The van der Waals surface area contributed by atoms with Crippen molar-refractivity contribution < 1.29 is 24.2 Å². The summed E-state index contributed by atoms with van der Waals surface area (Å²) in [5.41, 5.74) is -0.962. The summed E-state index contributed by atoms with van der Waals surface area (Å²) in [5.74, 6) is -2.19. The average Bonchev–Trinajstić information content (AvgIpc) is 2.84. The molecule has 0 unspecified atom stereocenters. The van der Waals surface area contributed by atoms with Crippen LogP contribution >= 0.6 is 34.8 Å². The Balaban J connectivity index is 2.13. The summed E-state index contributed by atoms with van der Waals surface area (Å²) in [6.07, 6.45) is 0. The number of ketones is 1. The van der Waals surface area contributed by atoms with Crippen molar-refractivity contribution in [2.75, 3.05) is 0 Å². The highest BCUT2D eigenvalue weighted by Crippen LogP contribution is 2.50. The molecule has 2 aliphatic rings. The maximum absolute atomic E-state index is 13.4. The Hall–Kier alpha value is -3.58. The molecule has 1 aliphatic carbocycles. The number of carbonyl (C=O) groups excluding carboxylic acids is 1. The molecular weight excluding hydrogens is 551 g/mol. The van der Waals surface area contributed by atoms with E-state index in [1.165, 1.54) is 18.2 Å². The molecular formula is C29H18Cl3O6-. The second kappa shape index (κ2) is 9.02. The number of carboxylic acids is 1. The van der Waals surface area contributed by atoms with E-state index in [4.69, 9.17) is 39.2 Å². The number of carbonyl (C=O) groups is 2. The van der Waals surface area contributed by atoms with Crippen molar-refractivity contribution in [1.82, 2.24) is 0 Å². The lowest BCUT2D eigenvalue weighted by molar-refractivity contribution is -0.268. The Bertz CT molecular complexity index is 1860. The van der Waals surface area contributed by atoms with E-state index in [2.05, 4.69) is 0 Å². The van der Waals surface area contributed by atoms with Gasteiger partial charge < -0.3 is 14.6 Å². The maximum atomic E-state index is 13.4. The molecule has 0 fully saturated rings. The Morgan fingerprint density at radius 3 is 2.16 bits per heavy atom. The van der Waals surface area contributed by atoms with E-state index in [1.807, 2.05) is 0 Å². The molecule has 0 atom stereocenters. The molecule has 0 saturated carbocycles. The number of hydrogen-bond acceptors (Lipinski definition) is 5. The summed E-state index contributed by atoms with van der Waals surface area (Å²) in [4.78, 5) is 38.9. The van der Waals surface area contributed by atoms with E-state index in [0.717, 1.165) is 6.07 Å². The number of Topliss-reactive ketones (excluding diaryl/α,β-unsaturated/α-hetero) is 1. The number of hydrogen-bond donors (Lipinski definition) is 1. The smallest absolute Gasteiger partial charge is 0.337 e. The van der Waals surface area contributed by atoms with Crippen molar-refractivity contribution >= 4 is 68.3 Å². The Morgan fingerprint density at radius 2 is 1.53 bits per heavy atom. The van der Waals surface area contributed by atoms with Gasteiger partial charge in [-0.05, 0) is 23.6 Å². The van der Waals surface area contributed by atoms with Gasteiger partial charge in [0.25, 0.3) is 0 Å². The fraction of sp³-hybridized carbons (Fsp3) is 0.138. The first-order valence-electron chi connectivity index (χ1n) is 11.4. The highest BCUT2D eigenvalue weighted by Gasteiger charge is 2.33. The van der Waals surface area contributed by atoms with Crippen molar-refractivity contribution in [3.63, 3.8) is 0 Å². The van der Waals surface area contributed by atoms with Gasteiger partial charge in [-0.2, -0.15) is 0 Å². The summed E-state index contributed by atoms with van der Waals surface area (Å²) < 4.78 is 5.99. The first-order valence-corrected chi connectivity index (χ1v) is 12.5. The van der Waals surface area contributed by atoms with Crippen LogP contribution in [-0.4, -0.2) is 16.9 Å². The Labute approximate surface area is 231 Å². The van der Waals surface area contributed by atoms with Crippen LogP contribution in [0.3, 0.4) is 0 Å². The molecule has 0 aromatic heterocycles. The molecule has 0 radical (unpaired) electrons. The van der Waals surface area contributed by atoms with Gasteiger partial charge in [-0.25, -0.2) is 4.79 Å². The molecule has 1 aliphatic heterocycles. The largest absolute Gasteiger partial charge is 0.871 e. The zero-order valence-corrected chi connectivity index (χ0v) is 22.5. The number of rotatable bonds is 3. The fourth-order valence-electron chi connectivity index (χ4n) is 4.62. The molecule has 6 nitrogen and oxygen atoms in total. The van der Waals surface area contributed by atoms with Crippen molar-refractivity contribution in [3.05, 3.63) is 84.9 Å². The topological polar surface area (TPSA) is 108 Å². The van der Waals surface area contributed by atoms with Gasteiger partial charge >= 0.3 is 5.97 Å². The zero-order chi connectivity index (χ0) is 27.7. The first kappa shape index (κ1) is 26.0. The number of halogens is 3. The van der Waals surface area contributed by atoms with Gasteiger partial charge in [0.15, 0.2) is 11.2 Å². The van der Waals surface area contributed by atoms with Gasteiger partial charge in [0, 0.05) is 49.5 Å². The summed E-state index contributed by atoms with van der Waals surface area (Å²) >= 11 is 19.6. The van der Waals surface area contributed by atoms with E-state index < -0.39 is 17.1 Å². The summed E-state index contributed by atoms with van der Waals surface area (Å²) in [7, 11) is 0. The minimum atomic E-state index is -1.39. The predicted molar refractivity (Wildman–Crippen MR) is 147 cm³/mol. The number of aromatic carboxylic acids is 1. The molecule has 0 saturated heterocycles. The van der Waals surface area contributed by atoms with Crippen LogP contribution in [0.2, 0.25) is 15.1 Å². The van der Waals surface area contributed by atoms with Gasteiger partial charge in [-0.3, -0.25) is 9.59 Å². The minimum Gasteiger partial charge on any atom is -0.871 e. The third-order valence-electron chi connectivity index (χ3n) is 6.35. The van der Waals surface area contributed by atoms with Gasteiger partial charge in [0.1, 0.15) is 11.3 Å². The summed E-state index contributed by atoms with van der Waals surface area (Å²) in [6.45, 7) is 5.11. The molecule has 38 heavy (non-hydrogen) atoms. The minimum absolute atomic E-state index is 0.0301. The van der Waals surface area contributed by atoms with E-state index in [0.29, 0.717) is 16.3 Å². The van der Waals surface area contributed by atoms with Gasteiger partial charge in [-0.15, -0.1) is 0 Å². The molecule has 1 heterocycles. The molecule has 0 spiro atoms. The molecule has 9 heteroatoms. The monoisotopic (exact) mass is 567 g/mol. The molecule has 5 rings (SSSR count). The Morgan fingerprint density at radius 1 is 0.868 bits per heavy atom. The maximum Gasteiger partial charge on any atom is 0.337 e. The third kappa shape index (κ3) is 4.00. The van der Waals surface area contributed by atoms with Crippen LogP contribution < -0.4 is 10.5 Å². The number of fused-ring (bicyclic) bond motifs is 4. The van der Waals surface area contributed by atoms with Crippen LogP contribution in [0.25, 0.3) is 44.2 Å². The number of benzene rings is 4. The normalized spacial score (nSPS) is 11.9. The van der Waals surface area contributed by atoms with Gasteiger partial charge in [0.2, 0.25) is 0 Å². The molecule has 3 aromatic rings. The molecule has 3 aromatic carbocycles. The van der Waals surface area contributed by atoms with Crippen LogP contribution in [-0.2, 0) is 0 Å². The van der Waals surface area contributed by atoms with E-state index >= 15 is 0 Å². The molecule has 0 bridgehead atoms. The first-order chi connectivity index (χ1) is 17.8. The third-order valence-corrected chi connectivity index (χ3v) is 7.34. The van der Waals surface area contributed by atoms with Crippen LogP contribution in [0.4, 0.5) is 0 Å². The lowest BCUT2D eigenvalue weighted by Crippen LogP contribution is -2.21. The lowest BCUT2D eigenvalue weighted by atomic mass is 9.82. The van der Waals surface area contributed by atoms with E-state index in [1.54, 1.807) is 45.0 Å². The average molecular weight is 569 g/mol. The lowest BCUT2D eigenvalue weighted by Gasteiger charge is -2.24. The summed E-state index contributed by atoms with van der Waals surface area (Å²) in [5, 5.41) is 23.2. The quantitative estimate of drug-likeness (QED) is 0.136. The predicted octanol–water partition coefficient (Wildman–Crippen LogP) is 7.68. The number of carboxylic acid groups (broad SMARTS) is 1. The van der Waals surface area contributed by atoms with Gasteiger partial charge in [0.05, 0.1) is 15.6 Å². The Kier molecular flexibility index (Phi) is 6.18. The van der Waals surface area contributed by atoms with Crippen molar-refractivity contribution in [1.29, 1.82) is 0 Å². The fourth-order valence-corrected chi connectivity index (χ4v) is 5.40. The van der Waals surface area contributed by atoms with Crippen LogP contribution in [0.5, 0.6) is 5.75 Å². The second-order valence-electron chi connectivity index (χ2n) is 9.90. The van der Waals surface area contributed by atoms with E-state index in [-0.39, 0.29) is 65.3 Å². The van der Waals surface area contributed by atoms with Crippen LogP contribution in [0, 0.1) is 5.41 Å². The highest BCUT2D eigenvalue weighted by atomic mass is 35.5. The standard InChI is InChI=1S/C29H19Cl3O6/c1-29(2,3)27(35)15-9-17(31)24(28(36)37)25(26(15)32)23-14-8-16(30)19(34)11-20(14)38-21-10-18(33)12-6-4-5-7-13(12)22(21)23/h4-11,34H,1-3H3,(H,36,37)/p-1. The van der Waals surface area contributed by atoms with E-state index in [9.17, 15) is 24.6 Å². The molecule has 192 valence electrons. The SMILES string of the molecule is CC(C)(C)C(=O)c1cc(Cl)c(C(=O)O)c(-c2c3c4ccccc4c(=O)cc-3oc3cc([O-])c(Cl)cc23)c1Cl. The summed E-state index contributed by atoms with van der Waals surface area (Å²) in [6, 6.07) is 11.8. The van der Waals surface area contributed by atoms with Crippen LogP contribution in [0.15, 0.2) is 57.7 Å². The second-order valence-corrected chi connectivity index (χ2v) is 11.1. The van der Waals surface area contributed by atoms with Gasteiger partial charge in [-0.1, -0.05) is 85.6 Å². The van der Waals surface area contributed by atoms with Crippen molar-refractivity contribution in [3.8, 4) is 28.2 Å². The van der Waals surface area contributed by atoms with Crippen LogP contribution in [0.1, 0.15) is 41.5 Å².